The Morgan fingerprint density at radius 2 is 1.95 bits per heavy atom. The topological polar surface area (TPSA) is 98.5 Å². The molecule has 8 heteroatoms. The van der Waals surface area contributed by atoms with E-state index in [0.717, 1.165) is 12.7 Å². The first kappa shape index (κ1) is 15.4. The highest BCUT2D eigenvalue weighted by atomic mass is 32.2. The van der Waals surface area contributed by atoms with Crippen molar-refractivity contribution in [3.63, 3.8) is 0 Å². The molecule has 0 aliphatic rings. The number of benzene rings is 1. The summed E-state index contributed by atoms with van der Waals surface area (Å²) in [6.45, 7) is 0. The number of nitrogens with one attached hydrogen (secondary N) is 1. The zero-order chi connectivity index (χ0) is 14.5. The van der Waals surface area contributed by atoms with Crippen molar-refractivity contribution in [3.8, 4) is 0 Å². The van der Waals surface area contributed by atoms with E-state index in [0.29, 0.717) is 17.1 Å². The average Bonchev–Trinajstić information content (AvgIpc) is 2.30. The van der Waals surface area contributed by atoms with E-state index >= 15 is 0 Å². The number of thiocarbonyl (C=S) groups is 1. The normalized spacial score (nSPS) is 10.8. The van der Waals surface area contributed by atoms with Crippen LogP contribution in [0, 0.1) is 0 Å². The summed E-state index contributed by atoms with van der Waals surface area (Å²) in [5, 5.41) is 0. The van der Waals surface area contributed by atoms with Crippen LogP contribution in [0.2, 0.25) is 0 Å². The van der Waals surface area contributed by atoms with Crippen LogP contribution in [0.4, 0.5) is 5.69 Å². The summed E-state index contributed by atoms with van der Waals surface area (Å²) in [4.78, 5) is 11.3. The van der Waals surface area contributed by atoms with Crippen molar-refractivity contribution in [2.24, 2.45) is 5.73 Å². The summed E-state index contributed by atoms with van der Waals surface area (Å²) in [6.07, 6.45) is 0.449. The fourth-order valence-electron chi connectivity index (χ4n) is 1.32. The number of ether oxygens (including phenoxy) is 1. The molecule has 1 aromatic rings. The van der Waals surface area contributed by atoms with Gasteiger partial charge in [0.15, 0.2) is 5.75 Å². The average molecular weight is 302 g/mol. The second kappa shape index (κ2) is 6.48. The van der Waals surface area contributed by atoms with Gasteiger partial charge in [-0.25, -0.2) is 8.42 Å². The van der Waals surface area contributed by atoms with Gasteiger partial charge in [-0.1, -0.05) is 24.4 Å². The summed E-state index contributed by atoms with van der Waals surface area (Å²) in [5.74, 6) is -1.55. The van der Waals surface area contributed by atoms with Crippen LogP contribution in [0.25, 0.3) is 0 Å². The van der Waals surface area contributed by atoms with Crippen molar-refractivity contribution < 1.29 is 17.9 Å². The van der Waals surface area contributed by atoms with E-state index in [1.165, 1.54) is 0 Å². The van der Waals surface area contributed by atoms with Crippen LogP contribution in [0.3, 0.4) is 0 Å². The van der Waals surface area contributed by atoms with E-state index in [1.807, 2.05) is 0 Å². The first-order valence-electron chi connectivity index (χ1n) is 5.27. The molecule has 0 amide bonds. The molecule has 0 radical (unpaired) electrons. The molecule has 0 spiro atoms. The monoisotopic (exact) mass is 302 g/mol. The predicted octanol–water partition coefficient (Wildman–Crippen LogP) is 0.430. The minimum absolute atomic E-state index is 0.357. The third kappa shape index (κ3) is 5.66. The Kier molecular flexibility index (Phi) is 5.25. The van der Waals surface area contributed by atoms with E-state index in [4.69, 9.17) is 18.0 Å². The number of carbonyl (C=O) groups excluding carboxylic acids is 1. The molecule has 1 rings (SSSR count). The highest BCUT2D eigenvalue weighted by molar-refractivity contribution is 7.93. The Bertz CT molecular complexity index is 567. The zero-order valence-corrected chi connectivity index (χ0v) is 11.9. The fraction of sp³-hybridized carbons (Fsp3) is 0.273. The molecule has 6 nitrogen and oxygen atoms in total. The van der Waals surface area contributed by atoms with Gasteiger partial charge in [0.1, 0.15) is 0 Å². The molecule has 0 aliphatic carbocycles. The van der Waals surface area contributed by atoms with Crippen LogP contribution in [0.15, 0.2) is 24.3 Å². The Morgan fingerprint density at radius 3 is 2.42 bits per heavy atom. The molecule has 104 valence electrons. The number of sulfonamides is 1. The van der Waals surface area contributed by atoms with Crippen LogP contribution in [0.5, 0.6) is 0 Å². The van der Waals surface area contributed by atoms with Gasteiger partial charge < -0.3 is 10.5 Å². The second-order valence-electron chi connectivity index (χ2n) is 3.78. The summed E-state index contributed by atoms with van der Waals surface area (Å²) in [6, 6.07) is 6.55. The lowest BCUT2D eigenvalue weighted by Gasteiger charge is -2.07. The number of anilines is 1. The van der Waals surface area contributed by atoms with Gasteiger partial charge in [0.2, 0.25) is 10.0 Å². The summed E-state index contributed by atoms with van der Waals surface area (Å²) in [7, 11) is -2.63. The molecule has 0 fully saturated rings. The van der Waals surface area contributed by atoms with E-state index in [1.54, 1.807) is 24.3 Å². The van der Waals surface area contributed by atoms with Gasteiger partial charge in [0, 0.05) is 12.1 Å². The van der Waals surface area contributed by atoms with Crippen LogP contribution in [0.1, 0.15) is 5.56 Å². The van der Waals surface area contributed by atoms with Crippen LogP contribution >= 0.6 is 12.2 Å². The first-order valence-corrected chi connectivity index (χ1v) is 7.33. The molecular weight excluding hydrogens is 288 g/mol. The molecule has 0 saturated carbocycles. The molecule has 3 N–H and O–H groups in total. The van der Waals surface area contributed by atoms with E-state index < -0.39 is 21.7 Å². The maximum absolute atomic E-state index is 11.6. The second-order valence-corrected chi connectivity index (χ2v) is 6.02. The number of carbonyl (C=O) groups is 1. The maximum atomic E-state index is 11.6. The minimum Gasteiger partial charge on any atom is -0.468 e. The number of methoxy groups -OCH3 is 1. The standard InChI is InChI=1S/C11H14N2O4S2/c1-17-11(14)7-19(15,16)13-9-4-2-8(3-5-9)6-10(12)18/h2-5,13H,6-7H2,1H3,(H2,12,18). The van der Waals surface area contributed by atoms with Crippen molar-refractivity contribution in [2.45, 2.75) is 6.42 Å². The highest BCUT2D eigenvalue weighted by Crippen LogP contribution is 2.12. The van der Waals surface area contributed by atoms with Gasteiger partial charge in [-0.2, -0.15) is 0 Å². The smallest absolute Gasteiger partial charge is 0.322 e. The Balaban J connectivity index is 2.72. The van der Waals surface area contributed by atoms with Gasteiger partial charge in [-0.3, -0.25) is 9.52 Å². The number of esters is 1. The van der Waals surface area contributed by atoms with Crippen LogP contribution in [-0.4, -0.2) is 32.2 Å². The summed E-state index contributed by atoms with van der Waals surface area (Å²) in [5.41, 5.74) is 6.64. The number of hydrogen-bond donors (Lipinski definition) is 2. The molecule has 0 bridgehead atoms. The molecule has 0 aromatic heterocycles. The summed E-state index contributed by atoms with van der Waals surface area (Å²) < 4.78 is 29.7. The molecule has 19 heavy (non-hydrogen) atoms. The lowest BCUT2D eigenvalue weighted by molar-refractivity contribution is -0.137. The Labute approximate surface area is 117 Å². The van der Waals surface area contributed by atoms with E-state index in [-0.39, 0.29) is 0 Å². The third-order valence-corrected chi connectivity index (χ3v) is 3.45. The molecule has 0 heterocycles. The lowest BCUT2D eigenvalue weighted by atomic mass is 10.1. The third-order valence-electron chi connectivity index (χ3n) is 2.14. The van der Waals surface area contributed by atoms with Crippen molar-refractivity contribution in [1.82, 2.24) is 0 Å². The van der Waals surface area contributed by atoms with Gasteiger partial charge in [-0.15, -0.1) is 0 Å². The largest absolute Gasteiger partial charge is 0.468 e. The molecule has 0 saturated heterocycles. The van der Waals surface area contributed by atoms with Crippen LogP contribution < -0.4 is 10.5 Å². The number of hydrogen-bond acceptors (Lipinski definition) is 5. The van der Waals surface area contributed by atoms with Crippen molar-refractivity contribution in [2.75, 3.05) is 17.6 Å². The van der Waals surface area contributed by atoms with E-state index in [9.17, 15) is 13.2 Å². The Hall–Kier alpha value is -1.67. The van der Waals surface area contributed by atoms with E-state index in [2.05, 4.69) is 9.46 Å². The minimum atomic E-state index is -3.76. The van der Waals surface area contributed by atoms with Crippen molar-refractivity contribution in [3.05, 3.63) is 29.8 Å². The lowest BCUT2D eigenvalue weighted by Crippen LogP contribution is -2.23. The van der Waals surface area contributed by atoms with Crippen LogP contribution in [-0.2, 0) is 26.0 Å². The molecule has 0 unspecified atom stereocenters. The highest BCUT2D eigenvalue weighted by Gasteiger charge is 2.16. The van der Waals surface area contributed by atoms with Gasteiger partial charge in [0.05, 0.1) is 12.1 Å². The fourth-order valence-corrected chi connectivity index (χ4v) is 2.48. The van der Waals surface area contributed by atoms with Crippen molar-refractivity contribution in [1.29, 1.82) is 0 Å². The molecule has 1 aromatic carbocycles. The van der Waals surface area contributed by atoms with Gasteiger partial charge in [-0.05, 0) is 17.7 Å². The predicted molar refractivity (Wildman–Crippen MR) is 76.4 cm³/mol. The molecule has 0 atom stereocenters. The van der Waals surface area contributed by atoms with Crippen molar-refractivity contribution >= 4 is 38.9 Å². The summed E-state index contributed by atoms with van der Waals surface area (Å²) >= 11 is 4.77. The quantitative estimate of drug-likeness (QED) is 0.584. The molecular formula is C11H14N2O4S2. The first-order chi connectivity index (χ1) is 8.82. The number of rotatable bonds is 6. The number of nitrogens with two attached hydrogens (primary N) is 1. The SMILES string of the molecule is COC(=O)CS(=O)(=O)Nc1ccc(CC(N)=S)cc1. The Morgan fingerprint density at radius 1 is 1.37 bits per heavy atom. The van der Waals surface area contributed by atoms with Gasteiger partial charge >= 0.3 is 5.97 Å². The van der Waals surface area contributed by atoms with Gasteiger partial charge in [0.25, 0.3) is 0 Å². The molecule has 0 aliphatic heterocycles. The zero-order valence-electron chi connectivity index (χ0n) is 10.3. The maximum Gasteiger partial charge on any atom is 0.322 e.